The van der Waals surface area contributed by atoms with E-state index in [2.05, 4.69) is 24.4 Å². The summed E-state index contributed by atoms with van der Waals surface area (Å²) in [7, 11) is 0. The van der Waals surface area contributed by atoms with Crippen LogP contribution in [-0.4, -0.2) is 25.1 Å². The molecular weight excluding hydrogens is 240 g/mol. The summed E-state index contributed by atoms with van der Waals surface area (Å²) >= 11 is 0. The number of hydrogen-bond acceptors (Lipinski definition) is 3. The Hall–Kier alpha value is -1.55. The van der Waals surface area contributed by atoms with E-state index in [0.29, 0.717) is 6.54 Å². The molecule has 104 valence electrons. The number of carbonyl (C=O) groups is 1. The number of aryl methyl sites for hydroxylation is 1. The fourth-order valence-corrected chi connectivity index (χ4v) is 2.20. The first-order chi connectivity index (χ1) is 8.88. The van der Waals surface area contributed by atoms with Gasteiger partial charge in [0.1, 0.15) is 11.9 Å². The van der Waals surface area contributed by atoms with E-state index in [-0.39, 0.29) is 12.0 Å². The van der Waals surface area contributed by atoms with Crippen LogP contribution in [-0.2, 0) is 11.2 Å². The number of fused-ring (bicyclic) bond motifs is 1. The number of rotatable bonds is 5. The van der Waals surface area contributed by atoms with Crippen LogP contribution in [0.25, 0.3) is 0 Å². The van der Waals surface area contributed by atoms with Gasteiger partial charge in [0, 0.05) is 19.5 Å². The highest BCUT2D eigenvalue weighted by Crippen LogP contribution is 2.29. The average Bonchev–Trinajstić information content (AvgIpc) is 2.70. The molecule has 4 nitrogen and oxygen atoms in total. The number of amides is 1. The molecule has 2 rings (SSSR count). The Bertz CT molecular complexity index is 483. The summed E-state index contributed by atoms with van der Waals surface area (Å²) in [5.74, 6) is 0.692. The Labute approximate surface area is 114 Å². The molecule has 0 saturated heterocycles. The van der Waals surface area contributed by atoms with E-state index in [1.54, 1.807) is 0 Å². The molecule has 0 spiro atoms. The SMILES string of the molecule is Cc1ccc2c(c1)CC(CNCC(C)(C)C(N)=O)O2. The minimum atomic E-state index is -0.526. The maximum Gasteiger partial charge on any atom is 0.224 e. The van der Waals surface area contributed by atoms with Gasteiger partial charge in [0.2, 0.25) is 5.91 Å². The maximum atomic E-state index is 11.2. The monoisotopic (exact) mass is 262 g/mol. The summed E-state index contributed by atoms with van der Waals surface area (Å²) in [5.41, 5.74) is 7.33. The highest BCUT2D eigenvalue weighted by atomic mass is 16.5. The lowest BCUT2D eigenvalue weighted by Gasteiger charge is -2.22. The number of hydrogen-bond donors (Lipinski definition) is 2. The standard InChI is InChI=1S/C15H22N2O2/c1-10-4-5-13-11(6-10)7-12(19-13)8-17-9-15(2,3)14(16)18/h4-6,12,17H,7-9H2,1-3H3,(H2,16,18). The molecule has 1 unspecified atom stereocenters. The van der Waals surface area contributed by atoms with E-state index in [1.807, 2.05) is 19.9 Å². The third kappa shape index (κ3) is 3.26. The van der Waals surface area contributed by atoms with Crippen LogP contribution in [0.5, 0.6) is 5.75 Å². The van der Waals surface area contributed by atoms with Gasteiger partial charge in [-0.15, -0.1) is 0 Å². The molecule has 1 heterocycles. The van der Waals surface area contributed by atoms with E-state index in [0.717, 1.165) is 18.7 Å². The van der Waals surface area contributed by atoms with Gasteiger partial charge in [-0.3, -0.25) is 4.79 Å². The molecule has 1 atom stereocenters. The Kier molecular flexibility index (Phi) is 3.80. The molecule has 0 bridgehead atoms. The number of nitrogens with two attached hydrogens (primary N) is 1. The Balaban J connectivity index is 1.83. The summed E-state index contributed by atoms with van der Waals surface area (Å²) in [6.07, 6.45) is 1.06. The summed E-state index contributed by atoms with van der Waals surface area (Å²) in [6.45, 7) is 7.06. The zero-order valence-corrected chi connectivity index (χ0v) is 11.8. The van der Waals surface area contributed by atoms with E-state index < -0.39 is 5.41 Å². The molecule has 19 heavy (non-hydrogen) atoms. The molecule has 1 amide bonds. The second-order valence-electron chi connectivity index (χ2n) is 5.93. The van der Waals surface area contributed by atoms with Gasteiger partial charge in [0.25, 0.3) is 0 Å². The zero-order valence-electron chi connectivity index (χ0n) is 11.8. The number of carbonyl (C=O) groups excluding carboxylic acids is 1. The van der Waals surface area contributed by atoms with E-state index >= 15 is 0 Å². The molecule has 1 aromatic rings. The van der Waals surface area contributed by atoms with Crippen LogP contribution < -0.4 is 15.8 Å². The van der Waals surface area contributed by atoms with Crippen LogP contribution in [0.15, 0.2) is 18.2 Å². The molecule has 0 radical (unpaired) electrons. The molecule has 1 aliphatic rings. The molecule has 0 aliphatic carbocycles. The molecule has 1 aromatic carbocycles. The van der Waals surface area contributed by atoms with Crippen LogP contribution in [0.3, 0.4) is 0 Å². The number of primary amides is 1. The lowest BCUT2D eigenvalue weighted by atomic mass is 9.93. The zero-order chi connectivity index (χ0) is 14.0. The van der Waals surface area contributed by atoms with Gasteiger partial charge in [-0.05, 0) is 32.4 Å². The number of benzene rings is 1. The van der Waals surface area contributed by atoms with Gasteiger partial charge in [0.05, 0.1) is 5.41 Å². The largest absolute Gasteiger partial charge is 0.488 e. The summed E-state index contributed by atoms with van der Waals surface area (Å²) in [4.78, 5) is 11.2. The topological polar surface area (TPSA) is 64.3 Å². The first-order valence-corrected chi connectivity index (χ1v) is 6.65. The van der Waals surface area contributed by atoms with Crippen molar-refractivity contribution in [2.45, 2.75) is 33.3 Å². The quantitative estimate of drug-likeness (QED) is 0.843. The Morgan fingerprint density at radius 3 is 2.95 bits per heavy atom. The van der Waals surface area contributed by atoms with Crippen molar-refractivity contribution < 1.29 is 9.53 Å². The summed E-state index contributed by atoms with van der Waals surface area (Å²) in [6, 6.07) is 6.26. The highest BCUT2D eigenvalue weighted by Gasteiger charge is 2.26. The van der Waals surface area contributed by atoms with Crippen molar-refractivity contribution in [2.75, 3.05) is 13.1 Å². The van der Waals surface area contributed by atoms with Gasteiger partial charge >= 0.3 is 0 Å². The van der Waals surface area contributed by atoms with Crippen LogP contribution >= 0.6 is 0 Å². The van der Waals surface area contributed by atoms with Crippen LogP contribution in [0, 0.1) is 12.3 Å². The predicted molar refractivity (Wildman–Crippen MR) is 75.1 cm³/mol. The van der Waals surface area contributed by atoms with Crippen molar-refractivity contribution in [3.05, 3.63) is 29.3 Å². The van der Waals surface area contributed by atoms with Crippen molar-refractivity contribution >= 4 is 5.91 Å². The second kappa shape index (κ2) is 5.21. The molecule has 0 saturated carbocycles. The third-order valence-electron chi connectivity index (χ3n) is 3.56. The normalized spacial score (nSPS) is 17.9. The molecular formula is C15H22N2O2. The highest BCUT2D eigenvalue weighted by molar-refractivity contribution is 5.80. The van der Waals surface area contributed by atoms with Crippen LogP contribution in [0.2, 0.25) is 0 Å². The molecule has 3 N–H and O–H groups in total. The number of ether oxygens (including phenoxy) is 1. The van der Waals surface area contributed by atoms with Crippen molar-refractivity contribution in [1.29, 1.82) is 0 Å². The first kappa shape index (κ1) is 13.9. The van der Waals surface area contributed by atoms with Gasteiger partial charge in [-0.2, -0.15) is 0 Å². The summed E-state index contributed by atoms with van der Waals surface area (Å²) in [5, 5.41) is 3.27. The van der Waals surface area contributed by atoms with Crippen LogP contribution in [0.1, 0.15) is 25.0 Å². The van der Waals surface area contributed by atoms with E-state index in [1.165, 1.54) is 11.1 Å². The Morgan fingerprint density at radius 1 is 1.53 bits per heavy atom. The first-order valence-electron chi connectivity index (χ1n) is 6.65. The minimum Gasteiger partial charge on any atom is -0.488 e. The smallest absolute Gasteiger partial charge is 0.224 e. The molecule has 1 aliphatic heterocycles. The van der Waals surface area contributed by atoms with Gasteiger partial charge in [0.15, 0.2) is 0 Å². The van der Waals surface area contributed by atoms with Crippen molar-refractivity contribution in [3.63, 3.8) is 0 Å². The van der Waals surface area contributed by atoms with Crippen molar-refractivity contribution in [3.8, 4) is 5.75 Å². The van der Waals surface area contributed by atoms with E-state index in [4.69, 9.17) is 10.5 Å². The number of nitrogens with one attached hydrogen (secondary N) is 1. The van der Waals surface area contributed by atoms with Crippen LogP contribution in [0.4, 0.5) is 0 Å². The molecule has 0 fully saturated rings. The molecule has 4 heteroatoms. The van der Waals surface area contributed by atoms with Gasteiger partial charge < -0.3 is 15.8 Å². The predicted octanol–water partition coefficient (Wildman–Crippen LogP) is 1.40. The van der Waals surface area contributed by atoms with Crippen molar-refractivity contribution in [1.82, 2.24) is 5.32 Å². The lowest BCUT2D eigenvalue weighted by molar-refractivity contribution is -0.125. The fourth-order valence-electron chi connectivity index (χ4n) is 2.20. The average molecular weight is 262 g/mol. The third-order valence-corrected chi connectivity index (χ3v) is 3.56. The Morgan fingerprint density at radius 2 is 2.26 bits per heavy atom. The van der Waals surface area contributed by atoms with Gasteiger partial charge in [-0.25, -0.2) is 0 Å². The van der Waals surface area contributed by atoms with Gasteiger partial charge in [-0.1, -0.05) is 17.7 Å². The minimum absolute atomic E-state index is 0.139. The van der Waals surface area contributed by atoms with E-state index in [9.17, 15) is 4.79 Å². The second-order valence-corrected chi connectivity index (χ2v) is 5.93. The maximum absolute atomic E-state index is 11.2. The lowest BCUT2D eigenvalue weighted by Crippen LogP contribution is -2.43. The summed E-state index contributed by atoms with van der Waals surface area (Å²) < 4.78 is 5.86. The fraction of sp³-hybridized carbons (Fsp3) is 0.533. The van der Waals surface area contributed by atoms with Crippen molar-refractivity contribution in [2.24, 2.45) is 11.1 Å². The molecule has 0 aromatic heterocycles.